The average Bonchev–Trinajstić information content (AvgIpc) is 2.85. The zero-order valence-corrected chi connectivity index (χ0v) is 12.2. The Bertz CT molecular complexity index is 208. The smallest absolute Gasteiger partial charge is 0.158 e. The minimum absolute atomic E-state index is 0.0723. The molecule has 1 rings (SSSR count). The molecule has 1 aliphatic rings. The Morgan fingerprint density at radius 3 is 2.56 bits per heavy atom. The van der Waals surface area contributed by atoms with Gasteiger partial charge in [-0.3, -0.25) is 0 Å². The van der Waals surface area contributed by atoms with E-state index in [4.69, 9.17) is 14.6 Å². The largest absolute Gasteiger partial charge is 0.394 e. The van der Waals surface area contributed by atoms with Gasteiger partial charge in [-0.25, -0.2) is 0 Å². The summed E-state index contributed by atoms with van der Waals surface area (Å²) in [5.74, 6) is 1.68. The van der Waals surface area contributed by atoms with Gasteiger partial charge in [-0.05, 0) is 24.7 Å². The van der Waals surface area contributed by atoms with Gasteiger partial charge in [0.1, 0.15) is 6.10 Å². The Morgan fingerprint density at radius 1 is 1.17 bits per heavy atom. The molecule has 1 N–H and O–H groups in total. The minimum atomic E-state index is -0.0968. The lowest BCUT2D eigenvalue weighted by molar-refractivity contribution is -0.0702. The Balaban J connectivity index is 1.96. The van der Waals surface area contributed by atoms with Crippen molar-refractivity contribution in [3.05, 3.63) is 0 Å². The Hall–Kier alpha value is -0.120. The fraction of sp³-hybridized carbons (Fsp3) is 1.00. The molecule has 3 nitrogen and oxygen atoms in total. The van der Waals surface area contributed by atoms with Gasteiger partial charge in [-0.15, -0.1) is 0 Å². The van der Waals surface area contributed by atoms with Gasteiger partial charge in [0.05, 0.1) is 13.2 Å². The van der Waals surface area contributed by atoms with Gasteiger partial charge in [0, 0.05) is 0 Å². The highest BCUT2D eigenvalue weighted by atomic mass is 16.7. The maximum absolute atomic E-state index is 8.92. The molecule has 0 aromatic carbocycles. The van der Waals surface area contributed by atoms with E-state index < -0.39 is 0 Å². The van der Waals surface area contributed by atoms with Crippen LogP contribution in [0.25, 0.3) is 0 Å². The second-order valence-electron chi connectivity index (χ2n) is 5.70. The van der Waals surface area contributed by atoms with Crippen molar-refractivity contribution in [1.82, 2.24) is 0 Å². The molecule has 0 radical (unpaired) electrons. The number of rotatable bonds is 9. The third kappa shape index (κ3) is 5.68. The monoisotopic (exact) mass is 258 g/mol. The van der Waals surface area contributed by atoms with Gasteiger partial charge >= 0.3 is 0 Å². The van der Waals surface area contributed by atoms with Gasteiger partial charge in [0.15, 0.2) is 6.29 Å². The molecule has 1 fully saturated rings. The molecular weight excluding hydrogens is 228 g/mol. The molecule has 108 valence electrons. The summed E-state index contributed by atoms with van der Waals surface area (Å²) in [6, 6.07) is 0. The van der Waals surface area contributed by atoms with Crippen molar-refractivity contribution in [3.8, 4) is 0 Å². The highest BCUT2D eigenvalue weighted by Gasteiger charge is 2.24. The first-order valence-electron chi connectivity index (χ1n) is 7.55. The van der Waals surface area contributed by atoms with Crippen molar-refractivity contribution in [2.24, 2.45) is 11.8 Å². The standard InChI is InChI=1S/C15H30O3/c1-4-12(2)13(3)8-6-5-7-9-15-17-11-14(10-16)18-15/h12-16H,4-11H2,1-3H3. The van der Waals surface area contributed by atoms with Crippen LogP contribution >= 0.6 is 0 Å². The van der Waals surface area contributed by atoms with E-state index in [1.807, 2.05) is 0 Å². The van der Waals surface area contributed by atoms with Gasteiger partial charge in [0.25, 0.3) is 0 Å². The molecule has 1 heterocycles. The normalized spacial score (nSPS) is 27.3. The summed E-state index contributed by atoms with van der Waals surface area (Å²) in [6.45, 7) is 7.60. The van der Waals surface area contributed by atoms with E-state index in [1.165, 1.54) is 25.7 Å². The molecule has 1 saturated heterocycles. The van der Waals surface area contributed by atoms with Crippen molar-refractivity contribution >= 4 is 0 Å². The number of aliphatic hydroxyl groups excluding tert-OH is 1. The summed E-state index contributed by atoms with van der Waals surface area (Å²) < 4.78 is 11.0. The van der Waals surface area contributed by atoms with Gasteiger partial charge in [-0.2, -0.15) is 0 Å². The van der Waals surface area contributed by atoms with Crippen molar-refractivity contribution < 1.29 is 14.6 Å². The van der Waals surface area contributed by atoms with E-state index in [0.29, 0.717) is 6.61 Å². The predicted molar refractivity (Wildman–Crippen MR) is 73.4 cm³/mol. The van der Waals surface area contributed by atoms with Crippen LogP contribution in [-0.2, 0) is 9.47 Å². The highest BCUT2D eigenvalue weighted by Crippen LogP contribution is 2.22. The van der Waals surface area contributed by atoms with E-state index in [1.54, 1.807) is 0 Å². The van der Waals surface area contributed by atoms with Crippen LogP contribution in [0.1, 0.15) is 59.3 Å². The lowest BCUT2D eigenvalue weighted by Gasteiger charge is -2.18. The maximum Gasteiger partial charge on any atom is 0.158 e. The summed E-state index contributed by atoms with van der Waals surface area (Å²) in [5, 5.41) is 8.92. The lowest BCUT2D eigenvalue weighted by atomic mass is 9.89. The molecule has 1 aliphatic heterocycles. The summed E-state index contributed by atoms with van der Waals surface area (Å²) >= 11 is 0. The summed E-state index contributed by atoms with van der Waals surface area (Å²) in [7, 11) is 0. The second-order valence-corrected chi connectivity index (χ2v) is 5.70. The van der Waals surface area contributed by atoms with Crippen molar-refractivity contribution in [1.29, 1.82) is 0 Å². The highest BCUT2D eigenvalue weighted by molar-refractivity contribution is 4.65. The molecule has 0 saturated carbocycles. The van der Waals surface area contributed by atoms with Crippen molar-refractivity contribution in [3.63, 3.8) is 0 Å². The molecule has 0 aromatic heterocycles. The van der Waals surface area contributed by atoms with E-state index in [2.05, 4.69) is 20.8 Å². The summed E-state index contributed by atoms with van der Waals surface area (Å²) in [5.41, 5.74) is 0. The fourth-order valence-corrected chi connectivity index (χ4v) is 2.40. The first-order valence-corrected chi connectivity index (χ1v) is 7.55. The molecule has 18 heavy (non-hydrogen) atoms. The first kappa shape index (κ1) is 15.9. The van der Waals surface area contributed by atoms with Crippen LogP contribution in [0.5, 0.6) is 0 Å². The molecule has 0 aromatic rings. The molecule has 0 spiro atoms. The molecule has 4 atom stereocenters. The molecule has 4 unspecified atom stereocenters. The van der Waals surface area contributed by atoms with Crippen LogP contribution in [0, 0.1) is 11.8 Å². The fourth-order valence-electron chi connectivity index (χ4n) is 2.40. The second kappa shape index (κ2) is 8.89. The lowest BCUT2D eigenvalue weighted by Crippen LogP contribution is -2.16. The molecule has 0 amide bonds. The topological polar surface area (TPSA) is 38.7 Å². The Morgan fingerprint density at radius 2 is 1.94 bits per heavy atom. The number of hydrogen-bond acceptors (Lipinski definition) is 3. The van der Waals surface area contributed by atoms with Gasteiger partial charge < -0.3 is 14.6 Å². The van der Waals surface area contributed by atoms with Gasteiger partial charge in [0.2, 0.25) is 0 Å². The molecule has 0 bridgehead atoms. The first-order chi connectivity index (χ1) is 8.67. The van der Waals surface area contributed by atoms with E-state index in [9.17, 15) is 0 Å². The van der Waals surface area contributed by atoms with Crippen LogP contribution in [0.15, 0.2) is 0 Å². The summed E-state index contributed by atoms with van der Waals surface area (Å²) in [6.07, 6.45) is 7.14. The molecule has 0 aliphatic carbocycles. The van der Waals surface area contributed by atoms with Crippen LogP contribution in [0.4, 0.5) is 0 Å². The van der Waals surface area contributed by atoms with Crippen LogP contribution in [0.3, 0.4) is 0 Å². The average molecular weight is 258 g/mol. The Labute approximate surface area is 112 Å². The summed E-state index contributed by atoms with van der Waals surface area (Å²) in [4.78, 5) is 0. The number of ether oxygens (including phenoxy) is 2. The van der Waals surface area contributed by atoms with Crippen molar-refractivity contribution in [2.45, 2.75) is 71.7 Å². The predicted octanol–water partition coefficient (Wildman–Crippen LogP) is 3.35. The van der Waals surface area contributed by atoms with E-state index >= 15 is 0 Å². The van der Waals surface area contributed by atoms with Crippen LogP contribution in [0.2, 0.25) is 0 Å². The van der Waals surface area contributed by atoms with E-state index in [0.717, 1.165) is 24.7 Å². The minimum Gasteiger partial charge on any atom is -0.394 e. The quantitative estimate of drug-likeness (QED) is 0.645. The van der Waals surface area contributed by atoms with Gasteiger partial charge in [-0.1, -0.05) is 46.5 Å². The van der Waals surface area contributed by atoms with Crippen molar-refractivity contribution in [2.75, 3.05) is 13.2 Å². The third-order valence-corrected chi connectivity index (χ3v) is 4.23. The zero-order chi connectivity index (χ0) is 13.4. The van der Waals surface area contributed by atoms with Crippen LogP contribution in [-0.4, -0.2) is 30.7 Å². The van der Waals surface area contributed by atoms with E-state index in [-0.39, 0.29) is 19.0 Å². The Kier molecular flexibility index (Phi) is 7.87. The number of hydrogen-bond donors (Lipinski definition) is 1. The van der Waals surface area contributed by atoms with Crippen LogP contribution < -0.4 is 0 Å². The molecule has 3 heteroatoms. The SMILES string of the molecule is CCC(C)C(C)CCCCCC1OCC(CO)O1. The molecular formula is C15H30O3. The third-order valence-electron chi connectivity index (χ3n) is 4.23. The number of aliphatic hydroxyl groups is 1. The maximum atomic E-state index is 8.92. The number of unbranched alkanes of at least 4 members (excludes halogenated alkanes) is 2. The zero-order valence-electron chi connectivity index (χ0n) is 12.2.